The Morgan fingerprint density at radius 2 is 2.05 bits per heavy atom. The van der Waals surface area contributed by atoms with E-state index in [1.807, 2.05) is 30.3 Å². The predicted molar refractivity (Wildman–Crippen MR) is 86.2 cm³/mol. The fourth-order valence-electron chi connectivity index (χ4n) is 3.45. The molecular formula is C16H23BrN2O. The molecule has 0 bridgehead atoms. The highest BCUT2D eigenvalue weighted by Crippen LogP contribution is 2.35. The Kier molecular flexibility index (Phi) is 5.22. The molecule has 1 spiro atoms. The molecule has 2 fully saturated rings. The number of piperidine rings is 1. The van der Waals surface area contributed by atoms with Crippen LogP contribution in [-0.2, 0) is 11.2 Å². The molecule has 3 rings (SSSR count). The molecule has 0 saturated carbocycles. The Hall–Kier alpha value is -0.870. The van der Waals surface area contributed by atoms with Crippen LogP contribution in [0, 0.1) is 5.41 Å². The standard InChI is InChI=1S/C16H22N2O.BrH/c19-15(11-14-5-2-1-3-6-14)18-10-4-7-16(13-18)8-9-17-12-16;/h1-3,5-6,17H,4,7-13H2;1H. The molecule has 4 heteroatoms. The van der Waals surface area contributed by atoms with Crippen LogP contribution in [0.2, 0.25) is 0 Å². The summed E-state index contributed by atoms with van der Waals surface area (Å²) in [5, 5.41) is 3.45. The second-order valence-electron chi connectivity index (χ2n) is 6.01. The second kappa shape index (κ2) is 6.72. The number of nitrogens with zero attached hydrogens (tertiary/aromatic N) is 1. The van der Waals surface area contributed by atoms with Crippen molar-refractivity contribution in [1.29, 1.82) is 0 Å². The van der Waals surface area contributed by atoms with Crippen LogP contribution in [-0.4, -0.2) is 37.0 Å². The first-order chi connectivity index (χ1) is 9.27. The second-order valence-corrected chi connectivity index (χ2v) is 6.01. The van der Waals surface area contributed by atoms with E-state index in [0.717, 1.165) is 38.2 Å². The van der Waals surface area contributed by atoms with Crippen molar-refractivity contribution >= 4 is 22.9 Å². The van der Waals surface area contributed by atoms with Gasteiger partial charge in [-0.3, -0.25) is 4.79 Å². The maximum atomic E-state index is 12.4. The topological polar surface area (TPSA) is 32.3 Å². The summed E-state index contributed by atoms with van der Waals surface area (Å²) in [4.78, 5) is 14.5. The highest BCUT2D eigenvalue weighted by molar-refractivity contribution is 8.93. The van der Waals surface area contributed by atoms with Crippen LogP contribution in [0.15, 0.2) is 30.3 Å². The molecule has 0 aromatic heterocycles. The molecule has 1 N–H and O–H groups in total. The van der Waals surface area contributed by atoms with E-state index in [1.165, 1.54) is 12.8 Å². The molecule has 1 atom stereocenters. The van der Waals surface area contributed by atoms with Gasteiger partial charge in [0.2, 0.25) is 5.91 Å². The number of rotatable bonds is 2. The number of benzene rings is 1. The molecule has 1 amide bonds. The van der Waals surface area contributed by atoms with Gasteiger partial charge in [0.05, 0.1) is 6.42 Å². The normalized spacial score (nSPS) is 25.5. The van der Waals surface area contributed by atoms with E-state index in [9.17, 15) is 4.79 Å². The van der Waals surface area contributed by atoms with Gasteiger partial charge in [-0.2, -0.15) is 0 Å². The average molecular weight is 339 g/mol. The first-order valence-electron chi connectivity index (χ1n) is 7.30. The lowest BCUT2D eigenvalue weighted by Gasteiger charge is -2.40. The lowest BCUT2D eigenvalue weighted by atomic mass is 9.79. The summed E-state index contributed by atoms with van der Waals surface area (Å²) in [6, 6.07) is 10.1. The summed E-state index contributed by atoms with van der Waals surface area (Å²) in [6.45, 7) is 4.09. The van der Waals surface area contributed by atoms with E-state index in [1.54, 1.807) is 0 Å². The number of hydrogen-bond acceptors (Lipinski definition) is 2. The van der Waals surface area contributed by atoms with Crippen LogP contribution in [0.5, 0.6) is 0 Å². The molecule has 0 radical (unpaired) electrons. The van der Waals surface area contributed by atoms with Crippen LogP contribution in [0.1, 0.15) is 24.8 Å². The van der Waals surface area contributed by atoms with Gasteiger partial charge in [-0.25, -0.2) is 0 Å². The first kappa shape index (κ1) is 15.5. The minimum absolute atomic E-state index is 0. The Bertz CT molecular complexity index is 443. The third-order valence-electron chi connectivity index (χ3n) is 4.54. The molecule has 1 aromatic carbocycles. The molecule has 2 aliphatic rings. The van der Waals surface area contributed by atoms with Gasteiger partial charge in [0.1, 0.15) is 0 Å². The number of amides is 1. The summed E-state index contributed by atoms with van der Waals surface area (Å²) < 4.78 is 0. The van der Waals surface area contributed by atoms with Gasteiger partial charge in [-0.1, -0.05) is 30.3 Å². The van der Waals surface area contributed by atoms with E-state index in [0.29, 0.717) is 11.8 Å². The Morgan fingerprint density at radius 3 is 2.75 bits per heavy atom. The summed E-state index contributed by atoms with van der Waals surface area (Å²) in [6.07, 6.45) is 4.20. The molecule has 1 unspecified atom stereocenters. The quantitative estimate of drug-likeness (QED) is 0.898. The van der Waals surface area contributed by atoms with Gasteiger partial charge < -0.3 is 10.2 Å². The molecule has 3 nitrogen and oxygen atoms in total. The van der Waals surface area contributed by atoms with Gasteiger partial charge in [0.25, 0.3) is 0 Å². The van der Waals surface area contributed by atoms with Crippen LogP contribution < -0.4 is 5.32 Å². The minimum atomic E-state index is 0. The van der Waals surface area contributed by atoms with Crippen molar-refractivity contribution in [2.45, 2.75) is 25.7 Å². The lowest BCUT2D eigenvalue weighted by molar-refractivity contribution is -0.133. The first-order valence-corrected chi connectivity index (χ1v) is 7.30. The number of carbonyl (C=O) groups is 1. The monoisotopic (exact) mass is 338 g/mol. The van der Waals surface area contributed by atoms with Gasteiger partial charge in [-0.15, -0.1) is 17.0 Å². The third kappa shape index (κ3) is 3.41. The van der Waals surface area contributed by atoms with Crippen LogP contribution in [0.4, 0.5) is 0 Å². The molecule has 0 aliphatic carbocycles. The number of likely N-dealkylation sites (tertiary alicyclic amines) is 1. The fraction of sp³-hybridized carbons (Fsp3) is 0.562. The third-order valence-corrected chi connectivity index (χ3v) is 4.54. The van der Waals surface area contributed by atoms with Gasteiger partial charge in [0.15, 0.2) is 0 Å². The average Bonchev–Trinajstić information content (AvgIpc) is 2.88. The predicted octanol–water partition coefficient (Wildman–Crippen LogP) is 2.41. The molecule has 1 aromatic rings. The largest absolute Gasteiger partial charge is 0.342 e. The minimum Gasteiger partial charge on any atom is -0.342 e. The summed E-state index contributed by atoms with van der Waals surface area (Å²) in [5.74, 6) is 0.289. The van der Waals surface area contributed by atoms with Crippen LogP contribution >= 0.6 is 17.0 Å². The number of hydrogen-bond donors (Lipinski definition) is 1. The van der Waals surface area contributed by atoms with Gasteiger partial charge in [-0.05, 0) is 31.4 Å². The van der Waals surface area contributed by atoms with E-state index >= 15 is 0 Å². The van der Waals surface area contributed by atoms with Gasteiger partial charge in [0, 0.05) is 25.0 Å². The molecule has 2 saturated heterocycles. The SMILES string of the molecule is Br.O=C(Cc1ccccc1)N1CCCC2(CCNC2)C1. The lowest BCUT2D eigenvalue weighted by Crippen LogP contribution is -2.47. The van der Waals surface area contributed by atoms with E-state index in [2.05, 4.69) is 10.2 Å². The van der Waals surface area contributed by atoms with Crippen molar-refractivity contribution in [2.75, 3.05) is 26.2 Å². The number of carbonyl (C=O) groups excluding carboxylic acids is 1. The Labute approximate surface area is 131 Å². The van der Waals surface area contributed by atoms with Crippen LogP contribution in [0.25, 0.3) is 0 Å². The highest BCUT2D eigenvalue weighted by atomic mass is 79.9. The maximum Gasteiger partial charge on any atom is 0.227 e. The fourth-order valence-corrected chi connectivity index (χ4v) is 3.45. The Morgan fingerprint density at radius 1 is 1.25 bits per heavy atom. The zero-order chi connectivity index (χ0) is 13.1. The zero-order valence-electron chi connectivity index (χ0n) is 11.8. The van der Waals surface area contributed by atoms with Crippen molar-refractivity contribution < 1.29 is 4.79 Å². The van der Waals surface area contributed by atoms with E-state index in [4.69, 9.17) is 0 Å². The Balaban J connectivity index is 0.00000147. The smallest absolute Gasteiger partial charge is 0.227 e. The van der Waals surface area contributed by atoms with Crippen molar-refractivity contribution in [2.24, 2.45) is 5.41 Å². The molecular weight excluding hydrogens is 316 g/mol. The van der Waals surface area contributed by atoms with Crippen molar-refractivity contribution in [3.05, 3.63) is 35.9 Å². The highest BCUT2D eigenvalue weighted by Gasteiger charge is 2.39. The molecule has 2 aliphatic heterocycles. The van der Waals surface area contributed by atoms with Crippen molar-refractivity contribution in [1.82, 2.24) is 10.2 Å². The van der Waals surface area contributed by atoms with Crippen molar-refractivity contribution in [3.8, 4) is 0 Å². The zero-order valence-corrected chi connectivity index (χ0v) is 13.5. The number of nitrogens with one attached hydrogen (secondary N) is 1. The van der Waals surface area contributed by atoms with Crippen LogP contribution in [0.3, 0.4) is 0 Å². The van der Waals surface area contributed by atoms with E-state index < -0.39 is 0 Å². The summed E-state index contributed by atoms with van der Waals surface area (Å²) in [5.41, 5.74) is 1.49. The number of halogens is 1. The summed E-state index contributed by atoms with van der Waals surface area (Å²) in [7, 11) is 0. The summed E-state index contributed by atoms with van der Waals surface area (Å²) >= 11 is 0. The van der Waals surface area contributed by atoms with Gasteiger partial charge >= 0.3 is 0 Å². The molecule has 2 heterocycles. The maximum absolute atomic E-state index is 12.4. The molecule has 110 valence electrons. The molecule has 20 heavy (non-hydrogen) atoms. The van der Waals surface area contributed by atoms with Crippen molar-refractivity contribution in [3.63, 3.8) is 0 Å². The van der Waals surface area contributed by atoms with E-state index in [-0.39, 0.29) is 22.9 Å².